The van der Waals surface area contributed by atoms with Gasteiger partial charge in [-0.3, -0.25) is 9.69 Å². The Morgan fingerprint density at radius 2 is 2.23 bits per heavy atom. The van der Waals surface area contributed by atoms with Gasteiger partial charge in [-0.05, 0) is 18.1 Å². The van der Waals surface area contributed by atoms with Gasteiger partial charge in [-0.25, -0.2) is 0 Å². The highest BCUT2D eigenvalue weighted by molar-refractivity contribution is 6.08. The standard InChI is InChI=1S/C17H25NO3Si/c19-17(21-12-4-14-22)9-10-18-11-13-20-16(18)8-7-15-5-2-1-3-6-15/h1-3,5-8,16H,4,9-14H2,22H3/b8-7+. The Labute approximate surface area is 135 Å². The Bertz CT molecular complexity index is 478. The molecule has 2 rings (SSSR count). The monoisotopic (exact) mass is 319 g/mol. The maximum atomic E-state index is 11.7. The van der Waals surface area contributed by atoms with Crippen molar-refractivity contribution in [2.45, 2.75) is 25.1 Å². The van der Waals surface area contributed by atoms with Crippen LogP contribution in [0.15, 0.2) is 36.4 Å². The topological polar surface area (TPSA) is 38.8 Å². The second kappa shape index (κ2) is 9.56. The molecular weight excluding hydrogens is 294 g/mol. The summed E-state index contributed by atoms with van der Waals surface area (Å²) in [7, 11) is 1.17. The molecule has 0 spiro atoms. The number of esters is 1. The van der Waals surface area contributed by atoms with Crippen molar-refractivity contribution in [2.24, 2.45) is 0 Å². The van der Waals surface area contributed by atoms with Crippen molar-refractivity contribution in [1.29, 1.82) is 0 Å². The molecule has 0 aromatic heterocycles. The third-order valence-corrected chi connectivity index (χ3v) is 4.35. The van der Waals surface area contributed by atoms with Crippen molar-refractivity contribution in [3.8, 4) is 0 Å². The van der Waals surface area contributed by atoms with E-state index in [0.29, 0.717) is 26.2 Å². The first-order valence-electron chi connectivity index (χ1n) is 8.04. The van der Waals surface area contributed by atoms with Gasteiger partial charge in [0.2, 0.25) is 0 Å². The SMILES string of the molecule is O=C(CCN1CCOC1/C=C/c1ccccc1)OCCC[SiH3]. The van der Waals surface area contributed by atoms with Crippen LogP contribution in [0.5, 0.6) is 0 Å². The normalized spacial score (nSPS) is 19.0. The predicted molar refractivity (Wildman–Crippen MR) is 91.7 cm³/mol. The second-order valence-electron chi connectivity index (χ2n) is 5.39. The summed E-state index contributed by atoms with van der Waals surface area (Å²) in [5.41, 5.74) is 1.15. The Hall–Kier alpha value is -1.43. The Kier molecular flexibility index (Phi) is 7.35. The molecule has 0 saturated carbocycles. The van der Waals surface area contributed by atoms with Crippen LogP contribution in [0.25, 0.3) is 6.08 Å². The van der Waals surface area contributed by atoms with Crippen LogP contribution in [-0.4, -0.2) is 53.6 Å². The van der Waals surface area contributed by atoms with E-state index in [1.165, 1.54) is 16.3 Å². The molecule has 1 unspecified atom stereocenters. The van der Waals surface area contributed by atoms with E-state index in [2.05, 4.69) is 29.2 Å². The Morgan fingerprint density at radius 1 is 1.41 bits per heavy atom. The zero-order valence-corrected chi connectivity index (χ0v) is 15.2. The molecule has 0 radical (unpaired) electrons. The van der Waals surface area contributed by atoms with Crippen molar-refractivity contribution < 1.29 is 14.3 Å². The molecule has 4 nitrogen and oxygen atoms in total. The summed E-state index contributed by atoms with van der Waals surface area (Å²) in [6.07, 6.45) is 5.49. The van der Waals surface area contributed by atoms with Gasteiger partial charge >= 0.3 is 5.97 Å². The number of ether oxygens (including phenoxy) is 2. The van der Waals surface area contributed by atoms with Crippen LogP contribution < -0.4 is 0 Å². The van der Waals surface area contributed by atoms with Gasteiger partial charge in [-0.2, -0.15) is 0 Å². The van der Waals surface area contributed by atoms with Gasteiger partial charge in [0.1, 0.15) is 6.23 Å². The van der Waals surface area contributed by atoms with Crippen LogP contribution >= 0.6 is 0 Å². The number of hydrogen-bond acceptors (Lipinski definition) is 4. The lowest BCUT2D eigenvalue weighted by molar-refractivity contribution is -0.144. The number of carbonyl (C=O) groups excluding carboxylic acids is 1. The third kappa shape index (κ3) is 5.75. The maximum absolute atomic E-state index is 11.7. The molecule has 0 N–H and O–H groups in total. The van der Waals surface area contributed by atoms with Gasteiger partial charge in [0.25, 0.3) is 0 Å². The van der Waals surface area contributed by atoms with E-state index in [9.17, 15) is 4.79 Å². The third-order valence-electron chi connectivity index (χ3n) is 3.64. The highest BCUT2D eigenvalue weighted by Gasteiger charge is 2.23. The molecule has 5 heteroatoms. The minimum Gasteiger partial charge on any atom is -0.466 e. The van der Waals surface area contributed by atoms with Crippen molar-refractivity contribution in [1.82, 2.24) is 4.90 Å². The molecular formula is C17H25NO3Si. The molecule has 1 aliphatic heterocycles. The lowest BCUT2D eigenvalue weighted by Crippen LogP contribution is -2.31. The van der Waals surface area contributed by atoms with E-state index in [-0.39, 0.29) is 12.2 Å². The van der Waals surface area contributed by atoms with E-state index >= 15 is 0 Å². The summed E-state index contributed by atoms with van der Waals surface area (Å²) < 4.78 is 10.9. The summed E-state index contributed by atoms with van der Waals surface area (Å²) in [5, 5.41) is 0. The summed E-state index contributed by atoms with van der Waals surface area (Å²) in [6.45, 7) is 2.82. The van der Waals surface area contributed by atoms with Gasteiger partial charge in [0.15, 0.2) is 0 Å². The number of carbonyl (C=O) groups is 1. The number of rotatable bonds is 8. The number of hydrogen-bond donors (Lipinski definition) is 0. The van der Waals surface area contributed by atoms with Gasteiger partial charge in [-0.15, -0.1) is 0 Å². The molecule has 0 bridgehead atoms. The fourth-order valence-electron chi connectivity index (χ4n) is 2.33. The Morgan fingerprint density at radius 3 is 3.00 bits per heavy atom. The van der Waals surface area contributed by atoms with Crippen LogP contribution in [0.3, 0.4) is 0 Å². The molecule has 1 aromatic carbocycles. The van der Waals surface area contributed by atoms with Crippen LogP contribution in [-0.2, 0) is 14.3 Å². The average molecular weight is 319 g/mol. The number of benzene rings is 1. The van der Waals surface area contributed by atoms with Gasteiger partial charge in [0, 0.05) is 23.3 Å². The first-order valence-corrected chi connectivity index (χ1v) is 9.45. The van der Waals surface area contributed by atoms with Crippen molar-refractivity contribution in [3.63, 3.8) is 0 Å². The molecule has 1 heterocycles. The van der Waals surface area contributed by atoms with E-state index < -0.39 is 0 Å². The largest absolute Gasteiger partial charge is 0.466 e. The van der Waals surface area contributed by atoms with E-state index in [4.69, 9.17) is 9.47 Å². The van der Waals surface area contributed by atoms with E-state index in [1.54, 1.807) is 0 Å². The molecule has 0 amide bonds. The smallest absolute Gasteiger partial charge is 0.307 e. The fraction of sp³-hybridized carbons (Fsp3) is 0.471. The molecule has 22 heavy (non-hydrogen) atoms. The predicted octanol–water partition coefficient (Wildman–Crippen LogP) is 1.47. The summed E-state index contributed by atoms with van der Waals surface area (Å²) in [5.74, 6) is -0.104. The van der Waals surface area contributed by atoms with Gasteiger partial charge < -0.3 is 9.47 Å². The highest BCUT2D eigenvalue weighted by atomic mass is 28.1. The molecule has 1 saturated heterocycles. The zero-order valence-electron chi connectivity index (χ0n) is 13.2. The number of nitrogens with zero attached hydrogens (tertiary/aromatic N) is 1. The summed E-state index contributed by atoms with van der Waals surface area (Å²) in [6, 6.07) is 11.3. The zero-order chi connectivity index (χ0) is 15.6. The molecule has 0 aliphatic carbocycles. The minimum absolute atomic E-state index is 0.0466. The molecule has 1 atom stereocenters. The first kappa shape index (κ1) is 16.9. The van der Waals surface area contributed by atoms with E-state index in [1.807, 2.05) is 18.2 Å². The molecule has 1 fully saturated rings. The van der Waals surface area contributed by atoms with Gasteiger partial charge in [0.05, 0.1) is 19.6 Å². The Balaban J connectivity index is 1.76. The summed E-state index contributed by atoms with van der Waals surface area (Å²) >= 11 is 0. The highest BCUT2D eigenvalue weighted by Crippen LogP contribution is 2.14. The van der Waals surface area contributed by atoms with Crippen LogP contribution in [0.4, 0.5) is 0 Å². The second-order valence-corrected chi connectivity index (χ2v) is 6.39. The van der Waals surface area contributed by atoms with Crippen molar-refractivity contribution in [2.75, 3.05) is 26.3 Å². The molecule has 1 aliphatic rings. The van der Waals surface area contributed by atoms with Crippen LogP contribution in [0.1, 0.15) is 18.4 Å². The van der Waals surface area contributed by atoms with Crippen LogP contribution in [0, 0.1) is 0 Å². The minimum atomic E-state index is -0.104. The molecule has 120 valence electrons. The lowest BCUT2D eigenvalue weighted by atomic mass is 10.2. The summed E-state index contributed by atoms with van der Waals surface area (Å²) in [4.78, 5) is 13.8. The van der Waals surface area contributed by atoms with Gasteiger partial charge in [-0.1, -0.05) is 42.5 Å². The van der Waals surface area contributed by atoms with E-state index in [0.717, 1.165) is 18.5 Å². The van der Waals surface area contributed by atoms with Crippen LogP contribution in [0.2, 0.25) is 6.04 Å². The average Bonchev–Trinajstić information content (AvgIpc) is 3.00. The lowest BCUT2D eigenvalue weighted by Gasteiger charge is -2.19. The quantitative estimate of drug-likeness (QED) is 0.413. The maximum Gasteiger partial charge on any atom is 0.307 e. The van der Waals surface area contributed by atoms with Crippen molar-refractivity contribution in [3.05, 3.63) is 42.0 Å². The van der Waals surface area contributed by atoms with Crippen molar-refractivity contribution >= 4 is 22.3 Å². The molecule has 1 aromatic rings. The first-order chi connectivity index (χ1) is 10.8. The fourth-order valence-corrected chi connectivity index (χ4v) is 2.62.